The zero-order chi connectivity index (χ0) is 21.3. The summed E-state index contributed by atoms with van der Waals surface area (Å²) in [5.41, 5.74) is 4.50. The molecule has 1 heterocycles. The van der Waals surface area contributed by atoms with Crippen LogP contribution in [0, 0.1) is 0 Å². The number of nitrogens with zero attached hydrogens (tertiary/aromatic N) is 3. The van der Waals surface area contributed by atoms with Crippen molar-refractivity contribution in [2.45, 2.75) is 11.8 Å². The second kappa shape index (κ2) is 10.4. The van der Waals surface area contributed by atoms with E-state index in [0.717, 1.165) is 16.9 Å². The third-order valence-electron chi connectivity index (χ3n) is 4.43. The van der Waals surface area contributed by atoms with E-state index in [1.165, 1.54) is 22.5 Å². The summed E-state index contributed by atoms with van der Waals surface area (Å²) >= 11 is 1.26. The molecular weight excluding hydrogens is 408 g/mol. The van der Waals surface area contributed by atoms with E-state index in [4.69, 9.17) is 4.74 Å². The van der Waals surface area contributed by atoms with Crippen LogP contribution in [-0.2, 0) is 11.4 Å². The van der Waals surface area contributed by atoms with E-state index in [0.29, 0.717) is 11.8 Å². The molecule has 0 saturated carbocycles. The molecule has 4 aromatic rings. The number of thioether (sulfide) groups is 1. The fourth-order valence-corrected chi connectivity index (χ4v) is 3.53. The van der Waals surface area contributed by atoms with Gasteiger partial charge >= 0.3 is 0 Å². The van der Waals surface area contributed by atoms with Crippen molar-refractivity contribution < 1.29 is 9.53 Å². The Hall–Kier alpha value is -3.71. The van der Waals surface area contributed by atoms with Crippen LogP contribution in [0.2, 0.25) is 0 Å². The summed E-state index contributed by atoms with van der Waals surface area (Å²) in [5, 5.41) is 6.94. The number of benzene rings is 3. The fourth-order valence-electron chi connectivity index (χ4n) is 2.93. The molecule has 154 valence electrons. The summed E-state index contributed by atoms with van der Waals surface area (Å²) in [6.45, 7) is 0.494. The maximum atomic E-state index is 11.9. The summed E-state index contributed by atoms with van der Waals surface area (Å²) in [5.74, 6) is 0.750. The molecule has 0 unspecified atom stereocenters. The van der Waals surface area contributed by atoms with E-state index in [9.17, 15) is 4.79 Å². The highest BCUT2D eigenvalue weighted by Crippen LogP contribution is 2.21. The lowest BCUT2D eigenvalue weighted by Crippen LogP contribution is -2.19. The fraction of sp³-hybridized carbons (Fsp3) is 0.0833. The number of carbonyl (C=O) groups excluding carboxylic acids is 1. The molecule has 1 aromatic heterocycles. The molecule has 7 heteroatoms. The number of hydrogen-bond acceptors (Lipinski definition) is 6. The third-order valence-corrected chi connectivity index (χ3v) is 5.31. The quantitative estimate of drug-likeness (QED) is 0.194. The first-order valence-corrected chi connectivity index (χ1v) is 10.7. The third kappa shape index (κ3) is 5.90. The van der Waals surface area contributed by atoms with Gasteiger partial charge in [0.25, 0.3) is 5.91 Å². The van der Waals surface area contributed by atoms with Crippen molar-refractivity contribution in [3.8, 4) is 5.75 Å². The zero-order valence-electron chi connectivity index (χ0n) is 16.6. The van der Waals surface area contributed by atoms with Crippen LogP contribution in [0.1, 0.15) is 11.1 Å². The van der Waals surface area contributed by atoms with Crippen LogP contribution in [-0.4, -0.2) is 27.8 Å². The molecular formula is C24H20N4O2S. The number of hydrogen-bond donors (Lipinski definition) is 1. The van der Waals surface area contributed by atoms with Crippen LogP contribution >= 0.6 is 11.8 Å². The second-order valence-electron chi connectivity index (χ2n) is 6.61. The number of fused-ring (bicyclic) bond motifs is 1. The molecule has 0 atom stereocenters. The van der Waals surface area contributed by atoms with Crippen LogP contribution in [0.25, 0.3) is 10.8 Å². The van der Waals surface area contributed by atoms with Gasteiger partial charge in [-0.2, -0.15) is 5.10 Å². The van der Waals surface area contributed by atoms with Crippen molar-refractivity contribution in [2.75, 3.05) is 5.75 Å². The van der Waals surface area contributed by atoms with Gasteiger partial charge in [0.1, 0.15) is 12.4 Å². The Kier molecular flexibility index (Phi) is 6.87. The number of carbonyl (C=O) groups is 1. The van der Waals surface area contributed by atoms with Crippen molar-refractivity contribution >= 4 is 34.7 Å². The molecule has 0 aliphatic rings. The maximum Gasteiger partial charge on any atom is 0.250 e. The Morgan fingerprint density at radius 3 is 2.58 bits per heavy atom. The predicted molar refractivity (Wildman–Crippen MR) is 123 cm³/mol. The first kappa shape index (κ1) is 20.6. The van der Waals surface area contributed by atoms with E-state index >= 15 is 0 Å². The Morgan fingerprint density at radius 2 is 1.74 bits per heavy atom. The van der Waals surface area contributed by atoms with Gasteiger partial charge in [0.2, 0.25) is 0 Å². The summed E-state index contributed by atoms with van der Waals surface area (Å²) in [6.07, 6.45) is 4.87. The number of hydrazone groups is 1. The Morgan fingerprint density at radius 1 is 0.968 bits per heavy atom. The van der Waals surface area contributed by atoms with Gasteiger partial charge in [-0.25, -0.2) is 15.4 Å². The van der Waals surface area contributed by atoms with Gasteiger partial charge in [0.05, 0.1) is 12.0 Å². The van der Waals surface area contributed by atoms with Crippen molar-refractivity contribution in [3.05, 3.63) is 96.3 Å². The molecule has 0 radical (unpaired) electrons. The Balaban J connectivity index is 1.26. The van der Waals surface area contributed by atoms with Crippen LogP contribution in [0.3, 0.4) is 0 Å². The molecule has 0 saturated heterocycles. The monoisotopic (exact) mass is 428 g/mol. The average molecular weight is 429 g/mol. The molecule has 4 rings (SSSR count). The van der Waals surface area contributed by atoms with E-state index in [1.807, 2.05) is 42.5 Å². The number of rotatable bonds is 8. The molecule has 0 spiro atoms. The number of nitrogens with one attached hydrogen (secondary N) is 1. The smallest absolute Gasteiger partial charge is 0.250 e. The van der Waals surface area contributed by atoms with Crippen LogP contribution in [0.15, 0.2) is 95.4 Å². The van der Waals surface area contributed by atoms with Crippen LogP contribution < -0.4 is 10.2 Å². The molecule has 31 heavy (non-hydrogen) atoms. The highest BCUT2D eigenvalue weighted by atomic mass is 32.2. The lowest BCUT2D eigenvalue weighted by Gasteiger charge is -2.09. The molecule has 0 aliphatic heterocycles. The molecule has 3 aromatic carbocycles. The largest absolute Gasteiger partial charge is 0.489 e. The van der Waals surface area contributed by atoms with Gasteiger partial charge < -0.3 is 4.74 Å². The lowest BCUT2D eigenvalue weighted by molar-refractivity contribution is -0.118. The van der Waals surface area contributed by atoms with Gasteiger partial charge in [-0.3, -0.25) is 4.79 Å². The minimum atomic E-state index is -0.219. The topological polar surface area (TPSA) is 76.5 Å². The first-order chi connectivity index (χ1) is 15.3. The van der Waals surface area contributed by atoms with Gasteiger partial charge in [-0.05, 0) is 52.2 Å². The van der Waals surface area contributed by atoms with Crippen molar-refractivity contribution in [3.63, 3.8) is 0 Å². The van der Waals surface area contributed by atoms with Gasteiger partial charge in [-0.15, -0.1) is 0 Å². The molecule has 6 nitrogen and oxygen atoms in total. The zero-order valence-corrected chi connectivity index (χ0v) is 17.5. The van der Waals surface area contributed by atoms with Crippen molar-refractivity contribution in [1.29, 1.82) is 0 Å². The number of ether oxygens (including phenoxy) is 1. The van der Waals surface area contributed by atoms with Gasteiger partial charge in [0, 0.05) is 12.4 Å². The highest BCUT2D eigenvalue weighted by molar-refractivity contribution is 7.99. The normalized spacial score (nSPS) is 11.0. The molecule has 0 bridgehead atoms. The maximum absolute atomic E-state index is 11.9. The minimum absolute atomic E-state index is 0.197. The van der Waals surface area contributed by atoms with E-state index < -0.39 is 0 Å². The summed E-state index contributed by atoms with van der Waals surface area (Å²) < 4.78 is 5.94. The Bertz CT molecular complexity index is 1180. The van der Waals surface area contributed by atoms with E-state index in [2.05, 4.69) is 44.8 Å². The summed E-state index contributed by atoms with van der Waals surface area (Å²) in [4.78, 5) is 20.0. The summed E-state index contributed by atoms with van der Waals surface area (Å²) in [6, 6.07) is 23.8. The lowest BCUT2D eigenvalue weighted by atomic mass is 10.1. The van der Waals surface area contributed by atoms with Crippen molar-refractivity contribution in [2.24, 2.45) is 5.10 Å². The average Bonchev–Trinajstić information content (AvgIpc) is 2.83. The standard InChI is InChI=1S/C24H20N4O2S/c29-23(17-31-24-25-13-4-14-26-24)28-27-15-18-9-11-21(12-10-18)30-16-20-7-3-6-19-5-1-2-8-22(19)20/h1-15H,16-17H2,(H,28,29)/b27-15-. The Labute approximate surface area is 184 Å². The number of aromatic nitrogens is 2. The highest BCUT2D eigenvalue weighted by Gasteiger charge is 2.03. The molecule has 1 N–H and O–H groups in total. The second-order valence-corrected chi connectivity index (χ2v) is 7.55. The molecule has 1 amide bonds. The SMILES string of the molecule is O=C(CSc1ncccn1)N/N=C\c1ccc(OCc2cccc3ccccc23)cc1. The number of amides is 1. The van der Waals surface area contributed by atoms with E-state index in [1.54, 1.807) is 24.7 Å². The van der Waals surface area contributed by atoms with Crippen molar-refractivity contribution in [1.82, 2.24) is 15.4 Å². The molecule has 0 fully saturated rings. The summed E-state index contributed by atoms with van der Waals surface area (Å²) in [7, 11) is 0. The van der Waals surface area contributed by atoms with Crippen LogP contribution in [0.5, 0.6) is 5.75 Å². The minimum Gasteiger partial charge on any atom is -0.489 e. The van der Waals surface area contributed by atoms with Gasteiger partial charge in [0.15, 0.2) is 5.16 Å². The van der Waals surface area contributed by atoms with Gasteiger partial charge in [-0.1, -0.05) is 54.2 Å². The first-order valence-electron chi connectivity index (χ1n) is 9.69. The van der Waals surface area contributed by atoms with E-state index in [-0.39, 0.29) is 11.7 Å². The van der Waals surface area contributed by atoms with Crippen LogP contribution in [0.4, 0.5) is 0 Å². The predicted octanol–water partition coefficient (Wildman–Crippen LogP) is 4.45. The molecule has 0 aliphatic carbocycles.